The normalized spacial score (nSPS) is 11.3. The zero-order chi connectivity index (χ0) is 14.5. The average Bonchev–Trinajstić information content (AvgIpc) is 2.35. The SMILES string of the molecule is C=CC(=CCCCCCCCCCC(=O)O)C(=O)O. The monoisotopic (exact) mass is 268 g/mol. The number of carboxylic acids is 2. The van der Waals surface area contributed by atoms with Crippen LogP contribution < -0.4 is 0 Å². The van der Waals surface area contributed by atoms with Gasteiger partial charge in [-0.25, -0.2) is 4.79 Å². The molecule has 0 aromatic carbocycles. The molecule has 2 N–H and O–H groups in total. The summed E-state index contributed by atoms with van der Waals surface area (Å²) in [5.74, 6) is -1.64. The molecule has 0 bridgehead atoms. The molecule has 0 spiro atoms. The van der Waals surface area contributed by atoms with Crippen LogP contribution in [-0.2, 0) is 9.59 Å². The lowest BCUT2D eigenvalue weighted by molar-refractivity contribution is -0.137. The molecule has 0 fully saturated rings. The number of rotatable bonds is 12. The van der Waals surface area contributed by atoms with Crippen LogP contribution in [0.2, 0.25) is 0 Å². The van der Waals surface area contributed by atoms with E-state index >= 15 is 0 Å². The first-order valence-electron chi connectivity index (χ1n) is 6.85. The van der Waals surface area contributed by atoms with E-state index in [9.17, 15) is 9.59 Å². The molecular weight excluding hydrogens is 244 g/mol. The fraction of sp³-hybridized carbons (Fsp3) is 0.600. The Morgan fingerprint density at radius 3 is 1.89 bits per heavy atom. The molecule has 0 aromatic heterocycles. The van der Waals surface area contributed by atoms with E-state index in [1.807, 2.05) is 0 Å². The van der Waals surface area contributed by atoms with E-state index in [4.69, 9.17) is 10.2 Å². The lowest BCUT2D eigenvalue weighted by atomic mass is 10.1. The minimum absolute atomic E-state index is 0.268. The molecule has 0 aliphatic rings. The van der Waals surface area contributed by atoms with E-state index in [1.165, 1.54) is 6.08 Å². The minimum Gasteiger partial charge on any atom is -0.481 e. The molecule has 4 nitrogen and oxygen atoms in total. The highest BCUT2D eigenvalue weighted by Gasteiger charge is 2.00. The summed E-state index contributed by atoms with van der Waals surface area (Å²) in [4.78, 5) is 20.9. The van der Waals surface area contributed by atoms with Gasteiger partial charge in [0.2, 0.25) is 0 Å². The van der Waals surface area contributed by atoms with Gasteiger partial charge < -0.3 is 10.2 Å². The van der Waals surface area contributed by atoms with Gasteiger partial charge in [-0.2, -0.15) is 0 Å². The Morgan fingerprint density at radius 1 is 0.895 bits per heavy atom. The maximum Gasteiger partial charge on any atom is 0.335 e. The third-order valence-electron chi connectivity index (χ3n) is 2.93. The molecule has 0 saturated heterocycles. The number of hydrogen-bond acceptors (Lipinski definition) is 2. The van der Waals surface area contributed by atoms with Crippen molar-refractivity contribution in [2.24, 2.45) is 0 Å². The Morgan fingerprint density at radius 2 is 1.42 bits per heavy atom. The number of aliphatic carboxylic acids is 2. The first-order valence-corrected chi connectivity index (χ1v) is 6.85. The third-order valence-corrected chi connectivity index (χ3v) is 2.93. The summed E-state index contributed by atoms with van der Waals surface area (Å²) in [6.07, 6.45) is 11.2. The number of carbonyl (C=O) groups is 2. The molecule has 0 saturated carbocycles. The van der Waals surface area contributed by atoms with Crippen molar-refractivity contribution in [2.75, 3.05) is 0 Å². The summed E-state index contributed by atoms with van der Waals surface area (Å²) in [5.41, 5.74) is 0.272. The summed E-state index contributed by atoms with van der Waals surface area (Å²) in [5, 5.41) is 17.2. The Hall–Kier alpha value is -1.58. The van der Waals surface area contributed by atoms with Crippen molar-refractivity contribution in [3.63, 3.8) is 0 Å². The fourth-order valence-electron chi connectivity index (χ4n) is 1.82. The highest BCUT2D eigenvalue weighted by atomic mass is 16.4. The molecule has 0 aromatic rings. The van der Waals surface area contributed by atoms with Crippen LogP contribution in [0.3, 0.4) is 0 Å². The van der Waals surface area contributed by atoms with E-state index in [0.29, 0.717) is 0 Å². The summed E-state index contributed by atoms with van der Waals surface area (Å²) in [6.45, 7) is 3.46. The lowest BCUT2D eigenvalue weighted by Crippen LogP contribution is -1.96. The van der Waals surface area contributed by atoms with Crippen molar-refractivity contribution in [3.05, 3.63) is 24.3 Å². The van der Waals surface area contributed by atoms with Gasteiger partial charge in [-0.1, -0.05) is 50.8 Å². The maximum absolute atomic E-state index is 10.7. The zero-order valence-electron chi connectivity index (χ0n) is 11.4. The van der Waals surface area contributed by atoms with Gasteiger partial charge in [0, 0.05) is 6.42 Å². The van der Waals surface area contributed by atoms with Crippen LogP contribution in [0.25, 0.3) is 0 Å². The molecule has 0 aliphatic carbocycles. The largest absolute Gasteiger partial charge is 0.481 e. The van der Waals surface area contributed by atoms with Gasteiger partial charge in [0.15, 0.2) is 0 Å². The second-order valence-corrected chi connectivity index (χ2v) is 4.58. The summed E-state index contributed by atoms with van der Waals surface area (Å²) in [7, 11) is 0. The predicted octanol–water partition coefficient (Wildman–Crippen LogP) is 3.78. The Balaban J connectivity index is 3.38. The topological polar surface area (TPSA) is 74.6 Å². The van der Waals surface area contributed by atoms with Gasteiger partial charge in [-0.05, 0) is 19.3 Å². The van der Waals surface area contributed by atoms with Crippen LogP contribution in [0.5, 0.6) is 0 Å². The van der Waals surface area contributed by atoms with Gasteiger partial charge in [0.25, 0.3) is 0 Å². The first-order chi connectivity index (χ1) is 9.07. The Kier molecular flexibility index (Phi) is 10.6. The van der Waals surface area contributed by atoms with E-state index in [2.05, 4.69) is 6.58 Å². The van der Waals surface area contributed by atoms with Crippen molar-refractivity contribution in [1.82, 2.24) is 0 Å². The number of unbranched alkanes of at least 4 members (excludes halogenated alkanes) is 7. The smallest absolute Gasteiger partial charge is 0.335 e. The molecule has 0 unspecified atom stereocenters. The average molecular weight is 268 g/mol. The highest BCUT2D eigenvalue weighted by molar-refractivity contribution is 5.89. The molecule has 4 heteroatoms. The van der Waals surface area contributed by atoms with E-state index in [1.54, 1.807) is 6.08 Å². The van der Waals surface area contributed by atoms with Crippen LogP contribution in [-0.4, -0.2) is 22.2 Å². The van der Waals surface area contributed by atoms with Crippen molar-refractivity contribution in [1.29, 1.82) is 0 Å². The summed E-state index contributed by atoms with van der Waals surface area (Å²) < 4.78 is 0. The van der Waals surface area contributed by atoms with Crippen LogP contribution >= 0.6 is 0 Å². The Labute approximate surface area is 114 Å². The van der Waals surface area contributed by atoms with Crippen molar-refractivity contribution < 1.29 is 19.8 Å². The minimum atomic E-state index is -0.923. The molecule has 0 amide bonds. The van der Waals surface area contributed by atoms with Crippen molar-refractivity contribution in [3.8, 4) is 0 Å². The second-order valence-electron chi connectivity index (χ2n) is 4.58. The highest BCUT2D eigenvalue weighted by Crippen LogP contribution is 2.11. The second kappa shape index (κ2) is 11.5. The fourth-order valence-corrected chi connectivity index (χ4v) is 1.82. The van der Waals surface area contributed by atoms with E-state index in [0.717, 1.165) is 51.4 Å². The lowest BCUT2D eigenvalue weighted by Gasteiger charge is -2.00. The summed E-state index contributed by atoms with van der Waals surface area (Å²) >= 11 is 0. The van der Waals surface area contributed by atoms with Crippen molar-refractivity contribution >= 4 is 11.9 Å². The van der Waals surface area contributed by atoms with E-state index < -0.39 is 11.9 Å². The Bertz CT molecular complexity index is 318. The number of hydrogen-bond donors (Lipinski definition) is 2. The molecule has 0 aliphatic heterocycles. The van der Waals surface area contributed by atoms with Crippen molar-refractivity contribution in [2.45, 2.75) is 57.8 Å². The quantitative estimate of drug-likeness (QED) is 0.321. The van der Waals surface area contributed by atoms with Gasteiger partial charge in [0.05, 0.1) is 5.57 Å². The van der Waals surface area contributed by atoms with Crippen LogP contribution in [0.1, 0.15) is 57.8 Å². The van der Waals surface area contributed by atoms with Gasteiger partial charge in [-0.15, -0.1) is 0 Å². The zero-order valence-corrected chi connectivity index (χ0v) is 11.4. The predicted molar refractivity (Wildman–Crippen MR) is 75.1 cm³/mol. The molecule has 0 radical (unpaired) electrons. The molecule has 108 valence electrons. The van der Waals surface area contributed by atoms with Crippen LogP contribution in [0, 0.1) is 0 Å². The van der Waals surface area contributed by atoms with Gasteiger partial charge in [0.1, 0.15) is 0 Å². The molecule has 0 atom stereocenters. The number of allylic oxidation sites excluding steroid dienone is 1. The molecule has 0 heterocycles. The van der Waals surface area contributed by atoms with Gasteiger partial charge >= 0.3 is 11.9 Å². The third kappa shape index (κ3) is 11.3. The standard InChI is InChI=1S/C15H24O4/c1-2-13(15(18)19)11-9-7-5-3-4-6-8-10-12-14(16)17/h2,11H,1,3-10,12H2,(H,16,17)(H,18,19). The van der Waals surface area contributed by atoms with Crippen LogP contribution in [0.15, 0.2) is 24.3 Å². The molecule has 0 rings (SSSR count). The summed E-state index contributed by atoms with van der Waals surface area (Å²) in [6, 6.07) is 0. The van der Waals surface area contributed by atoms with E-state index in [-0.39, 0.29) is 12.0 Å². The van der Waals surface area contributed by atoms with Gasteiger partial charge in [-0.3, -0.25) is 4.79 Å². The maximum atomic E-state index is 10.7. The first kappa shape index (κ1) is 17.4. The molecule has 19 heavy (non-hydrogen) atoms. The number of carboxylic acid groups (broad SMARTS) is 2. The van der Waals surface area contributed by atoms with Crippen LogP contribution in [0.4, 0.5) is 0 Å². The molecular formula is C15H24O4.